The zero-order chi connectivity index (χ0) is 13.1. The molecule has 0 aromatic heterocycles. The van der Waals surface area contributed by atoms with E-state index in [9.17, 15) is 4.79 Å². The highest BCUT2D eigenvalue weighted by atomic mass is 35.5. The van der Waals surface area contributed by atoms with Gasteiger partial charge in [0.25, 0.3) is 0 Å². The van der Waals surface area contributed by atoms with E-state index in [0.717, 1.165) is 23.2 Å². The summed E-state index contributed by atoms with van der Waals surface area (Å²) in [4.78, 5) is 11.0. The Balaban J connectivity index is 2.42. The topological polar surface area (TPSA) is 26.3 Å². The average molecular weight is 261 g/mol. The third-order valence-electron chi connectivity index (χ3n) is 2.88. The number of hydrogen-bond acceptors (Lipinski definition) is 2. The van der Waals surface area contributed by atoms with E-state index in [0.29, 0.717) is 16.3 Å². The van der Waals surface area contributed by atoms with E-state index in [1.165, 1.54) is 0 Å². The molecule has 0 atom stereocenters. The van der Waals surface area contributed by atoms with Crippen LogP contribution < -0.4 is 4.74 Å². The zero-order valence-corrected chi connectivity index (χ0v) is 11.0. The van der Waals surface area contributed by atoms with Crippen molar-refractivity contribution in [2.45, 2.75) is 13.8 Å². The van der Waals surface area contributed by atoms with E-state index in [1.807, 2.05) is 32.0 Å². The summed E-state index contributed by atoms with van der Waals surface area (Å²) in [5.74, 6) is 1.21. The Kier molecular flexibility index (Phi) is 3.68. The normalized spacial score (nSPS) is 10.2. The van der Waals surface area contributed by atoms with Gasteiger partial charge in [-0.05, 0) is 43.2 Å². The number of rotatable bonds is 3. The predicted molar refractivity (Wildman–Crippen MR) is 72.8 cm³/mol. The Hall–Kier alpha value is -1.80. The van der Waals surface area contributed by atoms with Gasteiger partial charge in [0, 0.05) is 11.1 Å². The van der Waals surface area contributed by atoms with E-state index in [2.05, 4.69) is 0 Å². The smallest absolute Gasteiger partial charge is 0.153 e. The fourth-order valence-electron chi connectivity index (χ4n) is 1.65. The molecule has 0 bridgehead atoms. The lowest BCUT2D eigenvalue weighted by molar-refractivity contribution is 0.112. The van der Waals surface area contributed by atoms with Crippen molar-refractivity contribution in [2.75, 3.05) is 0 Å². The van der Waals surface area contributed by atoms with E-state index < -0.39 is 0 Å². The van der Waals surface area contributed by atoms with E-state index >= 15 is 0 Å². The first kappa shape index (κ1) is 12.7. The predicted octanol–water partition coefficient (Wildman–Crippen LogP) is 4.56. The molecular weight excluding hydrogens is 248 g/mol. The number of hydrogen-bond donors (Lipinski definition) is 0. The number of benzene rings is 2. The molecule has 0 saturated heterocycles. The van der Waals surface area contributed by atoms with Gasteiger partial charge in [0.2, 0.25) is 0 Å². The number of carbonyl (C=O) groups excluding carboxylic acids is 1. The van der Waals surface area contributed by atoms with Gasteiger partial charge >= 0.3 is 0 Å². The summed E-state index contributed by atoms with van der Waals surface area (Å²) in [6, 6.07) is 10.8. The van der Waals surface area contributed by atoms with Gasteiger partial charge in [0.05, 0.1) is 5.56 Å². The van der Waals surface area contributed by atoms with Crippen LogP contribution in [0, 0.1) is 13.8 Å². The molecule has 0 amide bonds. The van der Waals surface area contributed by atoms with Gasteiger partial charge in [-0.3, -0.25) is 4.79 Å². The molecule has 0 heterocycles. The molecule has 0 radical (unpaired) electrons. The SMILES string of the molecule is Cc1cccc(Oc2cc(Cl)ccc2C=O)c1C. The Morgan fingerprint density at radius 3 is 2.61 bits per heavy atom. The van der Waals surface area contributed by atoms with Crippen molar-refractivity contribution in [1.29, 1.82) is 0 Å². The highest BCUT2D eigenvalue weighted by Crippen LogP contribution is 2.30. The van der Waals surface area contributed by atoms with Crippen LogP contribution in [-0.4, -0.2) is 6.29 Å². The third kappa shape index (κ3) is 2.54. The van der Waals surface area contributed by atoms with Crippen molar-refractivity contribution < 1.29 is 9.53 Å². The molecule has 0 N–H and O–H groups in total. The molecule has 0 aliphatic rings. The molecule has 2 nitrogen and oxygen atoms in total. The van der Waals surface area contributed by atoms with Crippen molar-refractivity contribution >= 4 is 17.9 Å². The molecule has 2 aromatic rings. The maximum absolute atomic E-state index is 11.0. The number of carbonyl (C=O) groups is 1. The molecule has 0 fully saturated rings. The largest absolute Gasteiger partial charge is 0.456 e. The quantitative estimate of drug-likeness (QED) is 0.756. The third-order valence-corrected chi connectivity index (χ3v) is 3.11. The Labute approximate surface area is 111 Å². The van der Waals surface area contributed by atoms with Gasteiger partial charge in [-0.25, -0.2) is 0 Å². The monoisotopic (exact) mass is 260 g/mol. The van der Waals surface area contributed by atoms with Gasteiger partial charge in [-0.15, -0.1) is 0 Å². The second-order valence-electron chi connectivity index (χ2n) is 4.10. The number of halogens is 1. The van der Waals surface area contributed by atoms with Gasteiger partial charge in [0.15, 0.2) is 6.29 Å². The lowest BCUT2D eigenvalue weighted by atomic mass is 10.1. The second-order valence-corrected chi connectivity index (χ2v) is 4.54. The molecule has 92 valence electrons. The van der Waals surface area contributed by atoms with Crippen LogP contribution in [0.1, 0.15) is 21.5 Å². The van der Waals surface area contributed by atoms with Crippen molar-refractivity contribution in [1.82, 2.24) is 0 Å². The number of aryl methyl sites for hydroxylation is 1. The first-order valence-electron chi connectivity index (χ1n) is 5.60. The lowest BCUT2D eigenvalue weighted by Crippen LogP contribution is -1.93. The summed E-state index contributed by atoms with van der Waals surface area (Å²) in [6.45, 7) is 4.00. The highest BCUT2D eigenvalue weighted by molar-refractivity contribution is 6.30. The molecule has 3 heteroatoms. The van der Waals surface area contributed by atoms with Crippen LogP contribution in [0.25, 0.3) is 0 Å². The zero-order valence-electron chi connectivity index (χ0n) is 10.2. The van der Waals surface area contributed by atoms with E-state index in [1.54, 1.807) is 18.2 Å². The van der Waals surface area contributed by atoms with Crippen molar-refractivity contribution in [2.24, 2.45) is 0 Å². The minimum atomic E-state index is 0.478. The van der Waals surface area contributed by atoms with E-state index in [4.69, 9.17) is 16.3 Å². The summed E-state index contributed by atoms with van der Waals surface area (Å²) in [6.07, 6.45) is 0.761. The summed E-state index contributed by atoms with van der Waals surface area (Å²) < 4.78 is 5.78. The van der Waals surface area contributed by atoms with Crippen LogP contribution >= 0.6 is 11.6 Å². The van der Waals surface area contributed by atoms with Crippen LogP contribution in [0.4, 0.5) is 0 Å². The Morgan fingerprint density at radius 1 is 1.11 bits per heavy atom. The molecule has 0 saturated carbocycles. The molecular formula is C15H13ClO2. The lowest BCUT2D eigenvalue weighted by Gasteiger charge is -2.12. The van der Waals surface area contributed by atoms with Gasteiger partial charge in [0.1, 0.15) is 11.5 Å². The van der Waals surface area contributed by atoms with Gasteiger partial charge in [-0.1, -0.05) is 23.7 Å². The molecule has 0 unspecified atom stereocenters. The molecule has 2 rings (SSSR count). The maximum atomic E-state index is 11.0. The molecule has 0 aliphatic heterocycles. The first-order chi connectivity index (χ1) is 8.61. The van der Waals surface area contributed by atoms with E-state index in [-0.39, 0.29) is 0 Å². The fourth-order valence-corrected chi connectivity index (χ4v) is 1.81. The summed E-state index contributed by atoms with van der Waals surface area (Å²) in [7, 11) is 0. The molecule has 2 aromatic carbocycles. The summed E-state index contributed by atoms with van der Waals surface area (Å²) >= 11 is 5.92. The van der Waals surface area contributed by atoms with Gasteiger partial charge in [-0.2, -0.15) is 0 Å². The van der Waals surface area contributed by atoms with Crippen molar-refractivity contribution in [3.63, 3.8) is 0 Å². The van der Waals surface area contributed by atoms with Crippen LogP contribution in [0.5, 0.6) is 11.5 Å². The molecule has 18 heavy (non-hydrogen) atoms. The highest BCUT2D eigenvalue weighted by Gasteiger charge is 2.08. The average Bonchev–Trinajstić information content (AvgIpc) is 2.35. The Morgan fingerprint density at radius 2 is 1.89 bits per heavy atom. The van der Waals surface area contributed by atoms with Crippen LogP contribution in [-0.2, 0) is 0 Å². The van der Waals surface area contributed by atoms with Crippen LogP contribution in [0.2, 0.25) is 5.02 Å². The van der Waals surface area contributed by atoms with Crippen LogP contribution in [0.15, 0.2) is 36.4 Å². The number of aldehydes is 1. The first-order valence-corrected chi connectivity index (χ1v) is 5.98. The van der Waals surface area contributed by atoms with Gasteiger partial charge < -0.3 is 4.74 Å². The second kappa shape index (κ2) is 5.23. The van der Waals surface area contributed by atoms with Crippen molar-refractivity contribution in [3.8, 4) is 11.5 Å². The summed E-state index contributed by atoms with van der Waals surface area (Å²) in [5, 5.41) is 0.543. The van der Waals surface area contributed by atoms with Crippen LogP contribution in [0.3, 0.4) is 0 Å². The fraction of sp³-hybridized carbons (Fsp3) is 0.133. The minimum Gasteiger partial charge on any atom is -0.456 e. The number of ether oxygens (including phenoxy) is 1. The standard InChI is InChI=1S/C15H13ClO2/c1-10-4-3-5-14(11(10)2)18-15-8-13(16)7-6-12(15)9-17/h3-9H,1-2H3. The molecule has 0 spiro atoms. The van der Waals surface area contributed by atoms with Crippen molar-refractivity contribution in [3.05, 3.63) is 58.1 Å². The summed E-state index contributed by atoms with van der Waals surface area (Å²) in [5.41, 5.74) is 2.68. The minimum absolute atomic E-state index is 0.478. The maximum Gasteiger partial charge on any atom is 0.153 e. The molecule has 0 aliphatic carbocycles. The Bertz CT molecular complexity index is 591.